The molecule has 7 heteroatoms. The van der Waals surface area contributed by atoms with Crippen molar-refractivity contribution in [1.82, 2.24) is 0 Å². The van der Waals surface area contributed by atoms with Gasteiger partial charge in [-0.2, -0.15) is 0 Å². The number of halogens is 1. The van der Waals surface area contributed by atoms with Crippen LogP contribution in [0.25, 0.3) is 0 Å². The number of benzene rings is 2. The van der Waals surface area contributed by atoms with Crippen molar-refractivity contribution in [2.75, 3.05) is 16.8 Å². The van der Waals surface area contributed by atoms with E-state index >= 15 is 0 Å². The number of fused-ring (bicyclic) bond motifs is 1. The average Bonchev–Trinajstić information content (AvgIpc) is 2.94. The lowest BCUT2D eigenvalue weighted by Crippen LogP contribution is -2.38. The minimum Gasteiger partial charge on any atom is -0.358 e. The molecule has 0 amide bonds. The van der Waals surface area contributed by atoms with E-state index in [1.165, 1.54) is 0 Å². The van der Waals surface area contributed by atoms with Crippen LogP contribution in [0.2, 0.25) is 5.02 Å². The molecule has 0 spiro atoms. The normalized spacial score (nSPS) is 17.4. The predicted octanol–water partition coefficient (Wildman–Crippen LogP) is 2.84. The molecule has 126 valence electrons. The summed E-state index contributed by atoms with van der Waals surface area (Å²) in [6, 6.07) is 14.4. The van der Waals surface area contributed by atoms with E-state index in [1.807, 2.05) is 29.2 Å². The van der Waals surface area contributed by atoms with Crippen LogP contribution < -0.4 is 10.2 Å². The molecule has 2 unspecified atom stereocenters. The smallest absolute Gasteiger partial charge is 0.162 e. The van der Waals surface area contributed by atoms with E-state index < -0.39 is 22.1 Å². The molecule has 1 heterocycles. The van der Waals surface area contributed by atoms with Gasteiger partial charge >= 0.3 is 0 Å². The molecule has 0 aliphatic carbocycles. The van der Waals surface area contributed by atoms with Gasteiger partial charge in [0.05, 0.1) is 16.6 Å². The van der Waals surface area contributed by atoms with Gasteiger partial charge in [-0.1, -0.05) is 35.9 Å². The number of nitrogens with zero attached hydrogens (tertiary/aromatic N) is 1. The maximum atomic E-state index is 11.7. The average molecular weight is 365 g/mol. The van der Waals surface area contributed by atoms with E-state index in [0.29, 0.717) is 23.6 Å². The first-order valence-corrected chi connectivity index (χ1v) is 9.19. The molecule has 2 aromatic carbocycles. The Morgan fingerprint density at radius 2 is 1.88 bits per heavy atom. The Kier molecular flexibility index (Phi) is 5.06. The Balaban J connectivity index is 1.79. The van der Waals surface area contributed by atoms with Crippen molar-refractivity contribution in [3.63, 3.8) is 0 Å². The maximum Gasteiger partial charge on any atom is 0.162 e. The van der Waals surface area contributed by atoms with Gasteiger partial charge in [0, 0.05) is 11.6 Å². The zero-order valence-electron chi connectivity index (χ0n) is 12.8. The highest BCUT2D eigenvalue weighted by atomic mass is 35.5. The van der Waals surface area contributed by atoms with Crippen LogP contribution in [-0.2, 0) is 15.5 Å². The Hall–Kier alpha value is -2.05. The summed E-state index contributed by atoms with van der Waals surface area (Å²) in [5.74, 6) is 0. The van der Waals surface area contributed by atoms with Crippen LogP contribution in [0.1, 0.15) is 17.2 Å². The van der Waals surface area contributed by atoms with Gasteiger partial charge in [-0.25, -0.2) is 8.42 Å². The van der Waals surface area contributed by atoms with Gasteiger partial charge in [0.1, 0.15) is 10.7 Å². The summed E-state index contributed by atoms with van der Waals surface area (Å²) in [6.07, 6.45) is 0.743. The van der Waals surface area contributed by atoms with Crippen LogP contribution in [0.15, 0.2) is 48.5 Å². The first-order valence-electron chi connectivity index (χ1n) is 7.56. The van der Waals surface area contributed by atoms with Crippen molar-refractivity contribution in [1.29, 1.82) is 0 Å². The molecule has 1 N–H and O–H groups in total. The number of anilines is 2. The van der Waals surface area contributed by atoms with E-state index in [2.05, 4.69) is 5.32 Å². The second-order valence-corrected chi connectivity index (χ2v) is 7.21. The van der Waals surface area contributed by atoms with Gasteiger partial charge in [0.15, 0.2) is 12.5 Å². The van der Waals surface area contributed by atoms with E-state index in [9.17, 15) is 13.2 Å². The van der Waals surface area contributed by atoms with Crippen LogP contribution >= 0.6 is 11.6 Å². The maximum absolute atomic E-state index is 11.7. The monoisotopic (exact) mass is 364 g/mol. The highest BCUT2D eigenvalue weighted by Gasteiger charge is 2.28. The second kappa shape index (κ2) is 7.23. The molecular formula is C17H17ClN2O3S. The van der Waals surface area contributed by atoms with Gasteiger partial charge in [-0.05, 0) is 36.2 Å². The molecule has 24 heavy (non-hydrogen) atoms. The third-order valence-electron chi connectivity index (χ3n) is 4.13. The molecule has 0 bridgehead atoms. The summed E-state index contributed by atoms with van der Waals surface area (Å²) in [5, 5.41) is 3.08. The lowest BCUT2D eigenvalue weighted by atomic mass is 10.1. The number of nitrogens with one attached hydrogen (secondary N) is 1. The van der Waals surface area contributed by atoms with Gasteiger partial charge in [-0.3, -0.25) is 4.79 Å². The van der Waals surface area contributed by atoms with Crippen LogP contribution in [0.5, 0.6) is 0 Å². The van der Waals surface area contributed by atoms with Gasteiger partial charge < -0.3 is 10.2 Å². The second-order valence-electron chi connectivity index (χ2n) is 5.58. The number of rotatable bonds is 6. The topological polar surface area (TPSA) is 66.5 Å². The molecule has 2 aromatic rings. The largest absolute Gasteiger partial charge is 0.358 e. The number of para-hydroxylation sites is 2. The molecule has 3 rings (SSSR count). The quantitative estimate of drug-likeness (QED) is 0.609. The molecule has 5 nitrogen and oxygen atoms in total. The molecule has 0 saturated heterocycles. The SMILES string of the molecule is O=CC1Nc2ccccc2N1CCC(c1ccc(Cl)cc1)[SH](=O)=O. The summed E-state index contributed by atoms with van der Waals surface area (Å²) >= 11 is 5.86. The molecule has 0 radical (unpaired) electrons. The molecule has 0 aromatic heterocycles. The van der Waals surface area contributed by atoms with Gasteiger partial charge in [0.25, 0.3) is 0 Å². The first-order chi connectivity index (χ1) is 11.6. The van der Waals surface area contributed by atoms with E-state index in [-0.39, 0.29) is 0 Å². The van der Waals surface area contributed by atoms with Gasteiger partial charge in [0.2, 0.25) is 0 Å². The number of carbonyl (C=O) groups is 1. The van der Waals surface area contributed by atoms with Crippen LogP contribution in [-0.4, -0.2) is 27.4 Å². The lowest BCUT2D eigenvalue weighted by Gasteiger charge is -2.24. The Morgan fingerprint density at radius 1 is 1.17 bits per heavy atom. The number of hydrogen-bond donors (Lipinski definition) is 2. The van der Waals surface area contributed by atoms with Crippen molar-refractivity contribution < 1.29 is 13.2 Å². The number of carbonyl (C=O) groups excluding carboxylic acids is 1. The van der Waals surface area contributed by atoms with Crippen molar-refractivity contribution in [2.24, 2.45) is 0 Å². The number of aldehydes is 1. The zero-order valence-corrected chi connectivity index (χ0v) is 14.4. The minimum absolute atomic E-state index is 0.390. The molecule has 1 aliphatic heterocycles. The fraction of sp³-hybridized carbons (Fsp3) is 0.235. The Morgan fingerprint density at radius 3 is 2.54 bits per heavy atom. The van der Waals surface area contributed by atoms with Crippen molar-refractivity contribution in [2.45, 2.75) is 17.8 Å². The molecule has 1 aliphatic rings. The Labute approximate surface area is 147 Å². The zero-order chi connectivity index (χ0) is 17.1. The third-order valence-corrected chi connectivity index (χ3v) is 5.45. The van der Waals surface area contributed by atoms with Gasteiger partial charge in [-0.15, -0.1) is 0 Å². The van der Waals surface area contributed by atoms with E-state index in [0.717, 1.165) is 17.7 Å². The molecule has 0 saturated carbocycles. The molecule has 0 fully saturated rings. The predicted molar refractivity (Wildman–Crippen MR) is 96.4 cm³/mol. The summed E-state index contributed by atoms with van der Waals surface area (Å²) in [4.78, 5) is 13.2. The summed E-state index contributed by atoms with van der Waals surface area (Å²) < 4.78 is 23.4. The fourth-order valence-electron chi connectivity index (χ4n) is 2.94. The summed E-state index contributed by atoms with van der Waals surface area (Å²) in [6.45, 7) is 0.448. The van der Waals surface area contributed by atoms with Crippen LogP contribution in [0.4, 0.5) is 11.4 Å². The lowest BCUT2D eigenvalue weighted by molar-refractivity contribution is -0.108. The van der Waals surface area contributed by atoms with E-state index in [4.69, 9.17) is 11.6 Å². The highest BCUT2D eigenvalue weighted by molar-refractivity contribution is 7.72. The van der Waals surface area contributed by atoms with Crippen molar-refractivity contribution in [3.8, 4) is 0 Å². The summed E-state index contributed by atoms with van der Waals surface area (Å²) in [5.41, 5.74) is 2.49. The molecule has 2 atom stereocenters. The minimum atomic E-state index is -2.63. The standard InChI is InChI=1S/C17H17ClN2O3S/c18-13-7-5-12(6-8-13)16(24(22)23)9-10-20-15-4-2-1-3-14(15)19-17(20)11-21/h1-8,11,16-17,19,24H,9-10H2. The van der Waals surface area contributed by atoms with Crippen molar-refractivity contribution in [3.05, 3.63) is 59.1 Å². The van der Waals surface area contributed by atoms with Crippen LogP contribution in [0.3, 0.4) is 0 Å². The summed E-state index contributed by atoms with van der Waals surface area (Å²) in [7, 11) is -2.63. The molecular weight excluding hydrogens is 348 g/mol. The fourth-order valence-corrected chi connectivity index (χ4v) is 3.81. The van der Waals surface area contributed by atoms with Crippen LogP contribution in [0, 0.1) is 0 Å². The first kappa shape index (κ1) is 16.8. The van der Waals surface area contributed by atoms with E-state index in [1.54, 1.807) is 24.3 Å². The third kappa shape index (κ3) is 3.39. The van der Waals surface area contributed by atoms with Crippen molar-refractivity contribution >= 4 is 40.0 Å². The number of thiol groups is 1. The number of hydrogen-bond acceptors (Lipinski definition) is 5. The highest BCUT2D eigenvalue weighted by Crippen LogP contribution is 2.34. The Bertz CT molecular complexity index is 800.